The largest absolute Gasteiger partial charge is 0.380 e. The Morgan fingerprint density at radius 2 is 1.88 bits per heavy atom. The molecule has 0 fully saturated rings. The third-order valence-electron chi connectivity index (χ3n) is 2.23. The SMILES string of the molecule is NS(=O)(=O)c1ccc(NCc2cccs2)cc1. The first-order valence-corrected chi connectivity index (χ1v) is 7.37. The number of benzene rings is 1. The van der Waals surface area contributed by atoms with E-state index in [0.29, 0.717) is 0 Å². The number of sulfonamides is 1. The maximum absolute atomic E-state index is 11.0. The summed E-state index contributed by atoms with van der Waals surface area (Å²) in [6, 6.07) is 10.4. The minimum absolute atomic E-state index is 0.124. The van der Waals surface area contributed by atoms with Crippen LogP contribution in [0, 0.1) is 0 Å². The third kappa shape index (κ3) is 3.29. The highest BCUT2D eigenvalue weighted by molar-refractivity contribution is 7.89. The molecular formula is C11H12N2O2S2. The molecule has 17 heavy (non-hydrogen) atoms. The molecule has 0 aliphatic rings. The van der Waals surface area contributed by atoms with Crippen molar-refractivity contribution in [3.63, 3.8) is 0 Å². The van der Waals surface area contributed by atoms with Crippen LogP contribution < -0.4 is 10.5 Å². The molecule has 2 aromatic rings. The highest BCUT2D eigenvalue weighted by Crippen LogP contribution is 2.15. The summed E-state index contributed by atoms with van der Waals surface area (Å²) in [6.45, 7) is 0.729. The molecule has 0 aliphatic heterocycles. The molecule has 0 saturated carbocycles. The van der Waals surface area contributed by atoms with E-state index in [2.05, 4.69) is 5.32 Å². The standard InChI is InChI=1S/C11H12N2O2S2/c12-17(14,15)11-5-3-9(4-6-11)13-8-10-2-1-7-16-10/h1-7,13H,8H2,(H2,12,14,15). The first kappa shape index (κ1) is 12.1. The van der Waals surface area contributed by atoms with E-state index in [-0.39, 0.29) is 4.90 Å². The molecule has 0 atom stereocenters. The van der Waals surface area contributed by atoms with Crippen molar-refractivity contribution in [2.45, 2.75) is 11.4 Å². The molecule has 0 bridgehead atoms. The Morgan fingerprint density at radius 1 is 1.18 bits per heavy atom. The van der Waals surface area contributed by atoms with Crippen LogP contribution in [0.3, 0.4) is 0 Å². The number of hydrogen-bond acceptors (Lipinski definition) is 4. The summed E-state index contributed by atoms with van der Waals surface area (Å²) < 4.78 is 22.1. The molecule has 2 rings (SSSR count). The van der Waals surface area contributed by atoms with E-state index in [1.807, 2.05) is 17.5 Å². The van der Waals surface area contributed by atoms with Crippen LogP contribution in [0.1, 0.15) is 4.88 Å². The predicted octanol–water partition coefficient (Wildman–Crippen LogP) is 2.01. The number of hydrogen-bond donors (Lipinski definition) is 2. The van der Waals surface area contributed by atoms with E-state index < -0.39 is 10.0 Å². The zero-order chi connectivity index (χ0) is 12.3. The van der Waals surface area contributed by atoms with E-state index >= 15 is 0 Å². The lowest BCUT2D eigenvalue weighted by Gasteiger charge is -2.05. The topological polar surface area (TPSA) is 72.2 Å². The number of anilines is 1. The lowest BCUT2D eigenvalue weighted by molar-refractivity contribution is 0.598. The van der Waals surface area contributed by atoms with Crippen LogP contribution in [0.25, 0.3) is 0 Å². The molecule has 0 radical (unpaired) electrons. The minimum Gasteiger partial charge on any atom is -0.380 e. The van der Waals surface area contributed by atoms with Crippen molar-refractivity contribution in [2.75, 3.05) is 5.32 Å². The zero-order valence-electron chi connectivity index (χ0n) is 8.96. The predicted molar refractivity (Wildman–Crippen MR) is 69.5 cm³/mol. The van der Waals surface area contributed by atoms with Gasteiger partial charge in [0.2, 0.25) is 10.0 Å². The molecule has 4 nitrogen and oxygen atoms in total. The molecule has 3 N–H and O–H groups in total. The van der Waals surface area contributed by atoms with Crippen LogP contribution in [-0.2, 0) is 16.6 Å². The monoisotopic (exact) mass is 268 g/mol. The quantitative estimate of drug-likeness (QED) is 0.891. The second-order valence-electron chi connectivity index (χ2n) is 3.50. The van der Waals surface area contributed by atoms with Crippen LogP contribution in [-0.4, -0.2) is 8.42 Å². The van der Waals surface area contributed by atoms with Crippen molar-refractivity contribution >= 4 is 27.0 Å². The number of nitrogens with one attached hydrogen (secondary N) is 1. The van der Waals surface area contributed by atoms with Gasteiger partial charge in [0.1, 0.15) is 0 Å². The maximum Gasteiger partial charge on any atom is 0.238 e. The van der Waals surface area contributed by atoms with Crippen molar-refractivity contribution in [1.82, 2.24) is 0 Å². The number of nitrogens with two attached hydrogens (primary N) is 1. The lowest BCUT2D eigenvalue weighted by atomic mass is 10.3. The first-order chi connectivity index (χ1) is 8.05. The normalized spacial score (nSPS) is 11.4. The van der Waals surface area contributed by atoms with Gasteiger partial charge in [-0.25, -0.2) is 13.6 Å². The smallest absolute Gasteiger partial charge is 0.238 e. The van der Waals surface area contributed by atoms with E-state index in [1.165, 1.54) is 17.0 Å². The van der Waals surface area contributed by atoms with Gasteiger partial charge in [0.15, 0.2) is 0 Å². The van der Waals surface area contributed by atoms with Crippen molar-refractivity contribution in [2.24, 2.45) is 5.14 Å². The fourth-order valence-corrected chi connectivity index (χ4v) is 2.52. The fourth-order valence-electron chi connectivity index (χ4n) is 1.36. The minimum atomic E-state index is -3.60. The summed E-state index contributed by atoms with van der Waals surface area (Å²) in [7, 11) is -3.60. The van der Waals surface area contributed by atoms with Gasteiger partial charge in [0.25, 0.3) is 0 Å². The average molecular weight is 268 g/mol. The van der Waals surface area contributed by atoms with Gasteiger partial charge in [-0.05, 0) is 35.7 Å². The number of thiophene rings is 1. The Balaban J connectivity index is 2.04. The summed E-state index contributed by atoms with van der Waals surface area (Å²) in [5.41, 5.74) is 0.866. The van der Waals surface area contributed by atoms with Gasteiger partial charge in [-0.1, -0.05) is 6.07 Å². The highest BCUT2D eigenvalue weighted by atomic mass is 32.2. The molecule has 1 heterocycles. The Kier molecular flexibility index (Phi) is 3.46. The Morgan fingerprint density at radius 3 is 2.41 bits per heavy atom. The van der Waals surface area contributed by atoms with Crippen LogP contribution in [0.2, 0.25) is 0 Å². The van der Waals surface area contributed by atoms with E-state index in [4.69, 9.17) is 5.14 Å². The molecule has 1 aromatic heterocycles. The van der Waals surface area contributed by atoms with Crippen LogP contribution in [0.5, 0.6) is 0 Å². The van der Waals surface area contributed by atoms with Gasteiger partial charge < -0.3 is 5.32 Å². The van der Waals surface area contributed by atoms with Gasteiger partial charge in [0.05, 0.1) is 4.90 Å². The molecule has 0 unspecified atom stereocenters. The molecule has 6 heteroatoms. The average Bonchev–Trinajstić information content (AvgIpc) is 2.78. The summed E-state index contributed by atoms with van der Waals surface area (Å²) >= 11 is 1.67. The lowest BCUT2D eigenvalue weighted by Crippen LogP contribution is -2.11. The second-order valence-corrected chi connectivity index (χ2v) is 6.10. The van der Waals surface area contributed by atoms with Crippen LogP contribution in [0.15, 0.2) is 46.7 Å². The van der Waals surface area contributed by atoms with Gasteiger partial charge in [-0.2, -0.15) is 0 Å². The van der Waals surface area contributed by atoms with Gasteiger partial charge in [-0.15, -0.1) is 11.3 Å². The number of rotatable bonds is 4. The van der Waals surface area contributed by atoms with E-state index in [9.17, 15) is 8.42 Å². The van der Waals surface area contributed by atoms with Gasteiger partial charge >= 0.3 is 0 Å². The summed E-state index contributed by atoms with van der Waals surface area (Å²) in [6.07, 6.45) is 0. The number of primary sulfonamides is 1. The summed E-state index contributed by atoms with van der Waals surface area (Å²) in [5, 5.41) is 10.2. The van der Waals surface area contributed by atoms with E-state index in [0.717, 1.165) is 12.2 Å². The van der Waals surface area contributed by atoms with Crippen molar-refractivity contribution in [1.29, 1.82) is 0 Å². The van der Waals surface area contributed by atoms with Crippen LogP contribution >= 0.6 is 11.3 Å². The summed E-state index contributed by atoms with van der Waals surface area (Å²) in [5.74, 6) is 0. The molecule has 1 aromatic carbocycles. The zero-order valence-corrected chi connectivity index (χ0v) is 10.6. The van der Waals surface area contributed by atoms with Gasteiger partial charge in [-0.3, -0.25) is 0 Å². The molecule has 0 spiro atoms. The maximum atomic E-state index is 11.0. The molecular weight excluding hydrogens is 256 g/mol. The van der Waals surface area contributed by atoms with E-state index in [1.54, 1.807) is 23.5 Å². The molecule has 0 aliphatic carbocycles. The summed E-state index contributed by atoms with van der Waals surface area (Å²) in [4.78, 5) is 1.35. The molecule has 0 amide bonds. The van der Waals surface area contributed by atoms with Gasteiger partial charge in [0, 0.05) is 17.1 Å². The Labute approximate surface area is 104 Å². The second kappa shape index (κ2) is 4.87. The molecule has 90 valence electrons. The fraction of sp³-hybridized carbons (Fsp3) is 0.0909. The molecule has 0 saturated heterocycles. The van der Waals surface area contributed by atoms with Crippen molar-refractivity contribution < 1.29 is 8.42 Å². The van der Waals surface area contributed by atoms with Crippen molar-refractivity contribution in [3.8, 4) is 0 Å². The highest BCUT2D eigenvalue weighted by Gasteiger charge is 2.06. The Bertz CT molecular complexity index is 574. The van der Waals surface area contributed by atoms with Crippen molar-refractivity contribution in [3.05, 3.63) is 46.7 Å². The third-order valence-corrected chi connectivity index (χ3v) is 4.04. The Hall–Kier alpha value is -1.37. The van der Waals surface area contributed by atoms with Crippen LogP contribution in [0.4, 0.5) is 5.69 Å². The first-order valence-electron chi connectivity index (χ1n) is 4.95.